The van der Waals surface area contributed by atoms with E-state index in [1.54, 1.807) is 0 Å². The second kappa shape index (κ2) is 6.22. The Morgan fingerprint density at radius 1 is 1.39 bits per heavy atom. The number of cyclic esters (lactones) is 2. The van der Waals surface area contributed by atoms with Gasteiger partial charge in [0, 0.05) is 6.54 Å². The van der Waals surface area contributed by atoms with Crippen LogP contribution in [-0.4, -0.2) is 37.4 Å². The van der Waals surface area contributed by atoms with Gasteiger partial charge in [0.05, 0.1) is 0 Å². The Morgan fingerprint density at radius 3 is 2.67 bits per heavy atom. The molecule has 102 valence electrons. The standard InChI is InChI=1S/C9H11F3N2O4/c10-9(11,12)17-5-13-4-2-1-3-6-7(15)18-8(16)14-6/h5-6H,1-4H2,(H,14,16). The maximum Gasteiger partial charge on any atom is 0.573 e. The first-order valence-corrected chi connectivity index (χ1v) is 5.13. The summed E-state index contributed by atoms with van der Waals surface area (Å²) in [5.74, 6) is -0.635. The van der Waals surface area contributed by atoms with Crippen molar-refractivity contribution in [3.63, 3.8) is 0 Å². The van der Waals surface area contributed by atoms with Crippen molar-refractivity contribution in [3.8, 4) is 0 Å². The maximum atomic E-state index is 11.5. The zero-order valence-electron chi connectivity index (χ0n) is 9.20. The highest BCUT2D eigenvalue weighted by Gasteiger charge is 2.31. The van der Waals surface area contributed by atoms with Crippen LogP contribution in [0.5, 0.6) is 0 Å². The Bertz CT molecular complexity index is 343. The van der Waals surface area contributed by atoms with E-state index < -0.39 is 24.5 Å². The molecule has 0 aromatic rings. The summed E-state index contributed by atoms with van der Waals surface area (Å²) < 4.78 is 42.1. The number of unbranched alkanes of at least 4 members (excludes halogenated alkanes) is 1. The number of ether oxygens (including phenoxy) is 2. The number of aliphatic imine (C=N–C) groups is 1. The zero-order valence-corrected chi connectivity index (χ0v) is 9.20. The molecule has 1 amide bonds. The van der Waals surface area contributed by atoms with Crippen molar-refractivity contribution >= 4 is 18.5 Å². The van der Waals surface area contributed by atoms with Crippen LogP contribution in [0.25, 0.3) is 0 Å². The Hall–Kier alpha value is -1.80. The van der Waals surface area contributed by atoms with Crippen LogP contribution < -0.4 is 5.32 Å². The van der Waals surface area contributed by atoms with Gasteiger partial charge in [-0.3, -0.25) is 4.99 Å². The van der Waals surface area contributed by atoms with Gasteiger partial charge >= 0.3 is 18.4 Å². The number of alkyl carbamates (subject to hydrolysis) is 1. The molecule has 9 heteroatoms. The third kappa shape index (κ3) is 5.51. The third-order valence-electron chi connectivity index (χ3n) is 2.06. The van der Waals surface area contributed by atoms with E-state index in [4.69, 9.17) is 0 Å². The second-order valence-corrected chi connectivity index (χ2v) is 3.48. The van der Waals surface area contributed by atoms with Crippen molar-refractivity contribution in [2.45, 2.75) is 31.7 Å². The molecule has 0 radical (unpaired) electrons. The average Bonchev–Trinajstić information content (AvgIpc) is 2.54. The van der Waals surface area contributed by atoms with E-state index in [1.165, 1.54) is 0 Å². The van der Waals surface area contributed by atoms with Crippen LogP contribution in [0.3, 0.4) is 0 Å². The summed E-state index contributed by atoms with van der Waals surface area (Å²) in [7, 11) is 0. The summed E-state index contributed by atoms with van der Waals surface area (Å²) in [6.45, 7) is 0.145. The van der Waals surface area contributed by atoms with Gasteiger partial charge in [-0.15, -0.1) is 13.2 Å². The fraction of sp³-hybridized carbons (Fsp3) is 0.667. The Balaban J connectivity index is 2.05. The summed E-state index contributed by atoms with van der Waals surface area (Å²) >= 11 is 0. The normalized spacial score (nSPS) is 20.1. The van der Waals surface area contributed by atoms with Crippen LogP contribution in [-0.2, 0) is 14.3 Å². The van der Waals surface area contributed by atoms with Gasteiger partial charge in [-0.1, -0.05) is 0 Å². The number of rotatable bonds is 6. The minimum absolute atomic E-state index is 0.145. The largest absolute Gasteiger partial charge is 0.573 e. The van der Waals surface area contributed by atoms with Crippen molar-refractivity contribution in [2.75, 3.05) is 6.54 Å². The molecule has 1 N–H and O–H groups in total. The monoisotopic (exact) mass is 268 g/mol. The molecule has 0 aliphatic carbocycles. The van der Waals surface area contributed by atoms with Crippen LogP contribution in [0.1, 0.15) is 19.3 Å². The van der Waals surface area contributed by atoms with Gasteiger partial charge < -0.3 is 14.8 Å². The molecule has 0 bridgehead atoms. The first-order valence-electron chi connectivity index (χ1n) is 5.13. The molecule has 1 saturated heterocycles. The number of amides is 1. The Morgan fingerprint density at radius 2 is 2.11 bits per heavy atom. The Labute approximate surface area is 100 Å². The quantitative estimate of drug-likeness (QED) is 0.259. The van der Waals surface area contributed by atoms with Gasteiger partial charge in [-0.25, -0.2) is 9.59 Å². The van der Waals surface area contributed by atoms with E-state index in [1.807, 2.05) is 0 Å². The smallest absolute Gasteiger partial charge is 0.395 e. The van der Waals surface area contributed by atoms with Crippen molar-refractivity contribution < 1.29 is 32.2 Å². The van der Waals surface area contributed by atoms with Crippen LogP contribution in [0.15, 0.2) is 4.99 Å². The number of hydrogen-bond donors (Lipinski definition) is 1. The fourth-order valence-corrected chi connectivity index (χ4v) is 1.28. The van der Waals surface area contributed by atoms with Crippen LogP contribution in [0, 0.1) is 0 Å². The highest BCUT2D eigenvalue weighted by Crippen LogP contribution is 2.14. The van der Waals surface area contributed by atoms with E-state index >= 15 is 0 Å². The topological polar surface area (TPSA) is 77.0 Å². The number of carbonyl (C=O) groups is 2. The first kappa shape index (κ1) is 14.3. The molecule has 1 heterocycles. The molecule has 6 nitrogen and oxygen atoms in total. The van der Waals surface area contributed by atoms with Crippen molar-refractivity contribution in [2.24, 2.45) is 4.99 Å². The predicted octanol–water partition coefficient (Wildman–Crippen LogP) is 1.36. The summed E-state index contributed by atoms with van der Waals surface area (Å²) in [5.41, 5.74) is 0. The van der Waals surface area contributed by atoms with Gasteiger partial charge in [-0.05, 0) is 19.3 Å². The number of carbonyl (C=O) groups excluding carboxylic acids is 2. The van der Waals surface area contributed by atoms with Crippen molar-refractivity contribution in [1.29, 1.82) is 0 Å². The highest BCUT2D eigenvalue weighted by molar-refractivity contribution is 5.95. The zero-order chi connectivity index (χ0) is 13.6. The van der Waals surface area contributed by atoms with Gasteiger partial charge in [0.2, 0.25) is 0 Å². The summed E-state index contributed by atoms with van der Waals surface area (Å²) in [5, 5.41) is 2.30. The lowest BCUT2D eigenvalue weighted by molar-refractivity contribution is -0.280. The molecular formula is C9H11F3N2O4. The lowest BCUT2D eigenvalue weighted by atomic mass is 10.1. The molecule has 0 spiro atoms. The number of hydrogen-bond acceptors (Lipinski definition) is 5. The van der Waals surface area contributed by atoms with Gasteiger partial charge in [-0.2, -0.15) is 0 Å². The molecule has 1 rings (SSSR count). The molecule has 1 unspecified atom stereocenters. The average molecular weight is 268 g/mol. The summed E-state index contributed by atoms with van der Waals surface area (Å²) in [4.78, 5) is 25.0. The number of nitrogens with zero attached hydrogens (tertiary/aromatic N) is 1. The molecular weight excluding hydrogens is 257 g/mol. The summed E-state index contributed by atoms with van der Waals surface area (Å²) in [6.07, 6.45) is -3.81. The molecule has 0 aromatic carbocycles. The minimum Gasteiger partial charge on any atom is -0.395 e. The SMILES string of the molecule is O=C1NC(CCCCN=COC(F)(F)F)C(=O)O1. The van der Waals surface area contributed by atoms with Gasteiger partial charge in [0.15, 0.2) is 6.40 Å². The third-order valence-corrected chi connectivity index (χ3v) is 2.06. The van der Waals surface area contributed by atoms with E-state index in [0.717, 1.165) is 0 Å². The van der Waals surface area contributed by atoms with Crippen molar-refractivity contribution in [1.82, 2.24) is 5.32 Å². The molecule has 1 aliphatic rings. The lowest BCUT2D eigenvalue weighted by Crippen LogP contribution is -2.28. The lowest BCUT2D eigenvalue weighted by Gasteiger charge is -2.04. The van der Waals surface area contributed by atoms with Gasteiger partial charge in [0.1, 0.15) is 6.04 Å². The molecule has 18 heavy (non-hydrogen) atoms. The molecule has 0 aromatic heterocycles. The van der Waals surface area contributed by atoms with Crippen LogP contribution in [0.4, 0.5) is 18.0 Å². The minimum atomic E-state index is -4.72. The van der Waals surface area contributed by atoms with E-state index in [9.17, 15) is 22.8 Å². The number of halogens is 3. The molecule has 1 fully saturated rings. The van der Waals surface area contributed by atoms with Crippen LogP contribution >= 0.6 is 0 Å². The van der Waals surface area contributed by atoms with E-state index in [-0.39, 0.29) is 6.54 Å². The number of esters is 1. The van der Waals surface area contributed by atoms with Crippen molar-refractivity contribution in [3.05, 3.63) is 0 Å². The maximum absolute atomic E-state index is 11.5. The molecule has 1 atom stereocenters. The van der Waals surface area contributed by atoms with Crippen LogP contribution in [0.2, 0.25) is 0 Å². The fourth-order valence-electron chi connectivity index (χ4n) is 1.28. The van der Waals surface area contributed by atoms with E-state index in [2.05, 4.69) is 19.8 Å². The number of alkyl halides is 3. The predicted molar refractivity (Wildman–Crippen MR) is 52.8 cm³/mol. The molecule has 0 saturated carbocycles. The van der Waals surface area contributed by atoms with Gasteiger partial charge in [0.25, 0.3) is 0 Å². The number of nitrogens with one attached hydrogen (secondary N) is 1. The second-order valence-electron chi connectivity index (χ2n) is 3.48. The first-order chi connectivity index (χ1) is 8.38. The Kier molecular flexibility index (Phi) is 4.93. The highest BCUT2D eigenvalue weighted by atomic mass is 19.4. The van der Waals surface area contributed by atoms with E-state index in [0.29, 0.717) is 25.7 Å². The summed E-state index contributed by atoms with van der Waals surface area (Å²) in [6, 6.07) is -0.673. The molecule has 1 aliphatic heterocycles.